The van der Waals surface area contributed by atoms with E-state index in [4.69, 9.17) is 0 Å². The first kappa shape index (κ1) is 15.3. The van der Waals surface area contributed by atoms with Crippen LogP contribution < -0.4 is 10.6 Å². The molecule has 5 heteroatoms. The van der Waals surface area contributed by atoms with E-state index >= 15 is 0 Å². The van der Waals surface area contributed by atoms with Crippen LogP contribution in [-0.4, -0.2) is 48.9 Å². The Morgan fingerprint density at radius 2 is 1.80 bits per heavy atom. The number of nitrogens with one attached hydrogen (secondary N) is 2. The van der Waals surface area contributed by atoms with Crippen LogP contribution >= 0.6 is 0 Å². The van der Waals surface area contributed by atoms with Crippen molar-refractivity contribution in [2.75, 3.05) is 26.2 Å². The highest BCUT2D eigenvalue weighted by Crippen LogP contribution is 2.19. The molecule has 2 rings (SSSR count). The average molecular weight is 281 g/mol. The van der Waals surface area contributed by atoms with Crippen LogP contribution in [0, 0.1) is 5.92 Å². The van der Waals surface area contributed by atoms with Gasteiger partial charge in [-0.05, 0) is 45.2 Å². The minimum Gasteiger partial charge on any atom is -0.353 e. The Balaban J connectivity index is 1.73. The molecule has 0 aromatic carbocycles. The molecule has 0 unspecified atom stereocenters. The maximum Gasteiger partial charge on any atom is 0.225 e. The van der Waals surface area contributed by atoms with E-state index < -0.39 is 0 Å². The molecular weight excluding hydrogens is 254 g/mol. The standard InChI is InChI=1S/C15H27N3O2/c1-2-3-14(19)17-13-6-10-18(11-7-13)15(20)12-4-8-16-9-5-12/h12-13,16H,2-11H2,1H3,(H,17,19). The normalized spacial score (nSPS) is 21.8. The Morgan fingerprint density at radius 3 is 2.40 bits per heavy atom. The van der Waals surface area contributed by atoms with E-state index in [1.807, 2.05) is 11.8 Å². The topological polar surface area (TPSA) is 61.4 Å². The van der Waals surface area contributed by atoms with Crippen molar-refractivity contribution in [3.8, 4) is 0 Å². The van der Waals surface area contributed by atoms with Gasteiger partial charge in [-0.1, -0.05) is 6.92 Å². The first-order valence-corrected chi connectivity index (χ1v) is 7.99. The quantitative estimate of drug-likeness (QED) is 0.804. The molecule has 0 spiro atoms. The highest BCUT2D eigenvalue weighted by molar-refractivity contribution is 5.79. The lowest BCUT2D eigenvalue weighted by atomic mass is 9.95. The second kappa shape index (κ2) is 7.62. The first-order chi connectivity index (χ1) is 9.70. The fraction of sp³-hybridized carbons (Fsp3) is 0.867. The van der Waals surface area contributed by atoms with Crippen molar-refractivity contribution in [3.05, 3.63) is 0 Å². The zero-order chi connectivity index (χ0) is 14.4. The smallest absolute Gasteiger partial charge is 0.225 e. The Labute approximate surface area is 121 Å². The second-order valence-electron chi connectivity index (χ2n) is 5.94. The van der Waals surface area contributed by atoms with Crippen LogP contribution in [0.1, 0.15) is 45.4 Å². The third-order valence-electron chi connectivity index (χ3n) is 4.34. The number of likely N-dealkylation sites (tertiary alicyclic amines) is 1. The third-order valence-corrected chi connectivity index (χ3v) is 4.34. The number of nitrogens with zero attached hydrogens (tertiary/aromatic N) is 1. The van der Waals surface area contributed by atoms with Gasteiger partial charge in [0.25, 0.3) is 0 Å². The minimum atomic E-state index is 0.149. The molecule has 20 heavy (non-hydrogen) atoms. The lowest BCUT2D eigenvalue weighted by Gasteiger charge is -2.35. The molecule has 5 nitrogen and oxygen atoms in total. The van der Waals surface area contributed by atoms with E-state index in [0.29, 0.717) is 12.3 Å². The molecule has 0 radical (unpaired) electrons. The van der Waals surface area contributed by atoms with E-state index in [0.717, 1.165) is 58.3 Å². The lowest BCUT2D eigenvalue weighted by Crippen LogP contribution is -2.49. The highest BCUT2D eigenvalue weighted by Gasteiger charge is 2.29. The first-order valence-electron chi connectivity index (χ1n) is 7.99. The summed E-state index contributed by atoms with van der Waals surface area (Å²) in [4.78, 5) is 26.0. The summed E-state index contributed by atoms with van der Waals surface area (Å²) < 4.78 is 0. The number of rotatable bonds is 4. The van der Waals surface area contributed by atoms with Gasteiger partial charge in [-0.15, -0.1) is 0 Å². The van der Waals surface area contributed by atoms with Crippen molar-refractivity contribution in [1.82, 2.24) is 15.5 Å². The predicted octanol–water partition coefficient (Wildman–Crippen LogP) is 0.893. The molecule has 0 saturated carbocycles. The van der Waals surface area contributed by atoms with Gasteiger partial charge in [0.1, 0.15) is 0 Å². The Kier molecular flexibility index (Phi) is 5.83. The van der Waals surface area contributed by atoms with Crippen LogP contribution in [0.15, 0.2) is 0 Å². The van der Waals surface area contributed by atoms with Gasteiger partial charge in [-0.3, -0.25) is 9.59 Å². The second-order valence-corrected chi connectivity index (χ2v) is 5.94. The molecule has 0 atom stereocenters. The lowest BCUT2D eigenvalue weighted by molar-refractivity contribution is -0.137. The van der Waals surface area contributed by atoms with E-state index in [2.05, 4.69) is 10.6 Å². The maximum atomic E-state index is 12.4. The van der Waals surface area contributed by atoms with Gasteiger partial charge >= 0.3 is 0 Å². The molecule has 0 aromatic heterocycles. The zero-order valence-electron chi connectivity index (χ0n) is 12.5. The van der Waals surface area contributed by atoms with Crippen molar-refractivity contribution in [3.63, 3.8) is 0 Å². The molecule has 2 aliphatic rings. The van der Waals surface area contributed by atoms with Crippen LogP contribution in [-0.2, 0) is 9.59 Å². The molecule has 0 aliphatic carbocycles. The van der Waals surface area contributed by atoms with Crippen molar-refractivity contribution in [2.24, 2.45) is 5.92 Å². The summed E-state index contributed by atoms with van der Waals surface area (Å²) in [5, 5.41) is 6.37. The van der Waals surface area contributed by atoms with E-state index in [1.54, 1.807) is 0 Å². The van der Waals surface area contributed by atoms with Gasteiger partial charge in [-0.2, -0.15) is 0 Å². The molecule has 0 aromatic rings. The zero-order valence-corrected chi connectivity index (χ0v) is 12.5. The summed E-state index contributed by atoms with van der Waals surface area (Å²) in [6, 6.07) is 0.256. The van der Waals surface area contributed by atoms with Gasteiger partial charge in [0, 0.05) is 31.5 Å². The number of piperidine rings is 2. The number of carbonyl (C=O) groups is 2. The van der Waals surface area contributed by atoms with Crippen molar-refractivity contribution >= 4 is 11.8 Å². The summed E-state index contributed by atoms with van der Waals surface area (Å²) in [6.45, 7) is 5.51. The number of amides is 2. The van der Waals surface area contributed by atoms with Gasteiger partial charge in [0.05, 0.1) is 0 Å². The molecule has 114 valence electrons. The molecule has 0 bridgehead atoms. The fourth-order valence-electron chi connectivity index (χ4n) is 3.10. The summed E-state index contributed by atoms with van der Waals surface area (Å²) in [5.74, 6) is 0.683. The van der Waals surface area contributed by atoms with E-state index in [1.165, 1.54) is 0 Å². The van der Waals surface area contributed by atoms with E-state index in [9.17, 15) is 9.59 Å². The van der Waals surface area contributed by atoms with Gasteiger partial charge in [0.2, 0.25) is 11.8 Å². The number of hydrogen-bond donors (Lipinski definition) is 2. The highest BCUT2D eigenvalue weighted by atomic mass is 16.2. The molecule has 2 fully saturated rings. The maximum absolute atomic E-state index is 12.4. The molecule has 2 N–H and O–H groups in total. The van der Waals surface area contributed by atoms with Crippen LogP contribution in [0.2, 0.25) is 0 Å². The molecule has 2 saturated heterocycles. The molecule has 2 aliphatic heterocycles. The van der Waals surface area contributed by atoms with Gasteiger partial charge < -0.3 is 15.5 Å². The van der Waals surface area contributed by atoms with E-state index in [-0.39, 0.29) is 17.9 Å². The summed E-state index contributed by atoms with van der Waals surface area (Å²) in [7, 11) is 0. The number of carbonyl (C=O) groups excluding carboxylic acids is 2. The molecule has 2 amide bonds. The minimum absolute atomic E-state index is 0.149. The largest absolute Gasteiger partial charge is 0.353 e. The fourth-order valence-corrected chi connectivity index (χ4v) is 3.10. The van der Waals surface area contributed by atoms with Crippen LogP contribution in [0.3, 0.4) is 0 Å². The van der Waals surface area contributed by atoms with Crippen LogP contribution in [0.25, 0.3) is 0 Å². The predicted molar refractivity (Wildman–Crippen MR) is 78.2 cm³/mol. The number of hydrogen-bond acceptors (Lipinski definition) is 3. The van der Waals surface area contributed by atoms with Crippen molar-refractivity contribution in [2.45, 2.75) is 51.5 Å². The molecule has 2 heterocycles. The Morgan fingerprint density at radius 1 is 1.15 bits per heavy atom. The van der Waals surface area contributed by atoms with Crippen LogP contribution in [0.4, 0.5) is 0 Å². The summed E-state index contributed by atoms with van der Waals surface area (Å²) >= 11 is 0. The monoisotopic (exact) mass is 281 g/mol. The van der Waals surface area contributed by atoms with Gasteiger partial charge in [-0.25, -0.2) is 0 Å². The average Bonchev–Trinajstić information content (AvgIpc) is 2.48. The Hall–Kier alpha value is -1.10. The van der Waals surface area contributed by atoms with Crippen molar-refractivity contribution in [1.29, 1.82) is 0 Å². The molecular formula is C15H27N3O2. The summed E-state index contributed by atoms with van der Waals surface area (Å²) in [5.41, 5.74) is 0. The van der Waals surface area contributed by atoms with Gasteiger partial charge in [0.15, 0.2) is 0 Å². The Bertz CT molecular complexity index is 332. The van der Waals surface area contributed by atoms with Crippen LogP contribution in [0.5, 0.6) is 0 Å². The van der Waals surface area contributed by atoms with Crippen molar-refractivity contribution < 1.29 is 9.59 Å². The SMILES string of the molecule is CCCC(=O)NC1CCN(C(=O)C2CCNCC2)CC1. The third kappa shape index (κ3) is 4.20. The summed E-state index contributed by atoms with van der Waals surface area (Å²) in [6.07, 6.45) is 5.21.